The van der Waals surface area contributed by atoms with Crippen LogP contribution in [0.1, 0.15) is 38.3 Å². The summed E-state index contributed by atoms with van der Waals surface area (Å²) in [5.41, 5.74) is 3.50. The summed E-state index contributed by atoms with van der Waals surface area (Å²) < 4.78 is 10.9. The number of rotatable bonds is 4. The van der Waals surface area contributed by atoms with Crippen LogP contribution in [-0.2, 0) is 11.2 Å². The molecule has 0 atom stereocenters. The first-order valence-electron chi connectivity index (χ1n) is 9.48. The Labute approximate surface area is 166 Å². The van der Waals surface area contributed by atoms with Gasteiger partial charge in [0.25, 0.3) is 11.8 Å². The van der Waals surface area contributed by atoms with Gasteiger partial charge in [-0.2, -0.15) is 0 Å². The number of ether oxygens (including phenoxy) is 2. The predicted molar refractivity (Wildman–Crippen MR) is 104 cm³/mol. The third-order valence-electron chi connectivity index (χ3n) is 5.36. The SMILES string of the molecule is O=C(C=C1NCCc2cc3c(cc21)OCO3)CCN1C(=O)c2ccccc2C1=O. The lowest BCUT2D eigenvalue weighted by Crippen LogP contribution is -2.32. The molecule has 0 spiro atoms. The van der Waals surface area contributed by atoms with Gasteiger partial charge in [-0.25, -0.2) is 0 Å². The van der Waals surface area contributed by atoms with Crippen LogP contribution in [0.15, 0.2) is 42.5 Å². The van der Waals surface area contributed by atoms with E-state index in [0.717, 1.165) is 33.9 Å². The normalized spacial score (nSPS) is 17.9. The van der Waals surface area contributed by atoms with Crippen LogP contribution in [0.5, 0.6) is 11.5 Å². The van der Waals surface area contributed by atoms with Gasteiger partial charge in [-0.15, -0.1) is 0 Å². The second kappa shape index (κ2) is 6.77. The van der Waals surface area contributed by atoms with Crippen LogP contribution in [0.3, 0.4) is 0 Å². The predicted octanol–water partition coefficient (Wildman–Crippen LogP) is 2.16. The average Bonchev–Trinajstić information content (AvgIpc) is 3.28. The zero-order valence-corrected chi connectivity index (χ0v) is 15.6. The Morgan fingerprint density at radius 1 is 1.03 bits per heavy atom. The van der Waals surface area contributed by atoms with Crippen molar-refractivity contribution >= 4 is 23.3 Å². The molecule has 7 heteroatoms. The van der Waals surface area contributed by atoms with E-state index in [2.05, 4.69) is 5.32 Å². The Morgan fingerprint density at radius 2 is 1.72 bits per heavy atom. The molecule has 0 saturated heterocycles. The topological polar surface area (TPSA) is 84.9 Å². The molecule has 0 aliphatic carbocycles. The highest BCUT2D eigenvalue weighted by molar-refractivity contribution is 6.21. The molecule has 1 N–H and O–H groups in total. The molecule has 0 saturated carbocycles. The molecule has 3 heterocycles. The third kappa shape index (κ3) is 2.95. The van der Waals surface area contributed by atoms with Gasteiger partial charge in [0, 0.05) is 36.8 Å². The summed E-state index contributed by atoms with van der Waals surface area (Å²) in [5.74, 6) is 0.535. The van der Waals surface area contributed by atoms with Gasteiger partial charge < -0.3 is 14.8 Å². The highest BCUT2D eigenvalue weighted by atomic mass is 16.7. The van der Waals surface area contributed by atoms with Crippen molar-refractivity contribution in [3.63, 3.8) is 0 Å². The van der Waals surface area contributed by atoms with Crippen LogP contribution < -0.4 is 14.8 Å². The summed E-state index contributed by atoms with van der Waals surface area (Å²) in [6.07, 6.45) is 2.43. The van der Waals surface area contributed by atoms with E-state index in [9.17, 15) is 14.4 Å². The molecule has 0 aromatic heterocycles. The van der Waals surface area contributed by atoms with Crippen molar-refractivity contribution in [2.75, 3.05) is 19.9 Å². The standard InChI is InChI=1S/C22H18N2O5/c25-14(6-8-24-21(26)15-3-1-2-4-16(15)22(24)27)10-18-17-11-20-19(28-12-29-20)9-13(17)5-7-23-18/h1-4,9-11,23H,5-8,12H2. The lowest BCUT2D eigenvalue weighted by atomic mass is 9.96. The van der Waals surface area contributed by atoms with E-state index in [1.54, 1.807) is 30.3 Å². The number of hydrogen-bond acceptors (Lipinski definition) is 6. The number of nitrogens with one attached hydrogen (secondary N) is 1. The average molecular weight is 390 g/mol. The number of amides is 2. The zero-order chi connectivity index (χ0) is 20.0. The van der Waals surface area contributed by atoms with Crippen LogP contribution in [0, 0.1) is 0 Å². The maximum Gasteiger partial charge on any atom is 0.261 e. The van der Waals surface area contributed by atoms with Gasteiger partial charge in [0.05, 0.1) is 11.1 Å². The van der Waals surface area contributed by atoms with Crippen molar-refractivity contribution in [3.05, 3.63) is 64.7 Å². The number of carbonyl (C=O) groups is 3. The Balaban J connectivity index is 1.32. The van der Waals surface area contributed by atoms with Crippen molar-refractivity contribution in [1.82, 2.24) is 10.2 Å². The molecule has 0 unspecified atom stereocenters. The second-order valence-electron chi connectivity index (χ2n) is 7.12. The number of carbonyl (C=O) groups excluding carboxylic acids is 3. The van der Waals surface area contributed by atoms with Crippen LogP contribution in [0.4, 0.5) is 0 Å². The zero-order valence-electron chi connectivity index (χ0n) is 15.6. The minimum atomic E-state index is -0.347. The van der Waals surface area contributed by atoms with Crippen molar-refractivity contribution in [1.29, 1.82) is 0 Å². The summed E-state index contributed by atoms with van der Waals surface area (Å²) in [7, 11) is 0. The molecule has 29 heavy (non-hydrogen) atoms. The molecular formula is C22H18N2O5. The largest absolute Gasteiger partial charge is 0.454 e. The van der Waals surface area contributed by atoms with Crippen LogP contribution in [-0.4, -0.2) is 42.4 Å². The molecular weight excluding hydrogens is 372 g/mol. The smallest absolute Gasteiger partial charge is 0.261 e. The van der Waals surface area contributed by atoms with Crippen molar-refractivity contribution in [2.24, 2.45) is 0 Å². The highest BCUT2D eigenvalue weighted by Crippen LogP contribution is 2.38. The Kier molecular flexibility index (Phi) is 4.08. The molecule has 2 amide bonds. The quantitative estimate of drug-likeness (QED) is 0.636. The van der Waals surface area contributed by atoms with E-state index in [0.29, 0.717) is 23.4 Å². The van der Waals surface area contributed by atoms with E-state index in [4.69, 9.17) is 9.47 Å². The van der Waals surface area contributed by atoms with Gasteiger partial charge in [0.2, 0.25) is 6.79 Å². The number of imide groups is 1. The number of hydrogen-bond donors (Lipinski definition) is 1. The van der Waals surface area contributed by atoms with Gasteiger partial charge in [0.15, 0.2) is 17.3 Å². The first-order chi connectivity index (χ1) is 14.1. The van der Waals surface area contributed by atoms with Gasteiger partial charge in [-0.1, -0.05) is 12.1 Å². The fourth-order valence-electron chi connectivity index (χ4n) is 3.89. The van der Waals surface area contributed by atoms with Crippen molar-refractivity contribution in [2.45, 2.75) is 12.8 Å². The number of allylic oxidation sites excluding steroid dienone is 1. The summed E-state index contributed by atoms with van der Waals surface area (Å²) in [5, 5.41) is 3.25. The first kappa shape index (κ1) is 17.5. The van der Waals surface area contributed by atoms with E-state index in [1.807, 2.05) is 12.1 Å². The van der Waals surface area contributed by atoms with E-state index < -0.39 is 0 Å². The lowest BCUT2D eigenvalue weighted by molar-refractivity contribution is -0.114. The van der Waals surface area contributed by atoms with E-state index in [1.165, 1.54) is 0 Å². The number of benzene rings is 2. The summed E-state index contributed by atoms with van der Waals surface area (Å²) >= 11 is 0. The van der Waals surface area contributed by atoms with Crippen molar-refractivity contribution < 1.29 is 23.9 Å². The summed E-state index contributed by atoms with van der Waals surface area (Å²) in [6.45, 7) is 0.969. The summed E-state index contributed by atoms with van der Waals surface area (Å²) in [6, 6.07) is 10.5. The molecule has 2 aromatic rings. The van der Waals surface area contributed by atoms with E-state index in [-0.39, 0.29) is 37.4 Å². The lowest BCUT2D eigenvalue weighted by Gasteiger charge is -2.21. The third-order valence-corrected chi connectivity index (χ3v) is 5.36. The minimum absolute atomic E-state index is 0.0585. The minimum Gasteiger partial charge on any atom is -0.454 e. The number of ketones is 1. The fraction of sp³-hybridized carbons (Fsp3) is 0.227. The van der Waals surface area contributed by atoms with Crippen LogP contribution >= 0.6 is 0 Å². The number of nitrogens with zero attached hydrogens (tertiary/aromatic N) is 1. The van der Waals surface area contributed by atoms with Crippen LogP contribution in [0.2, 0.25) is 0 Å². The summed E-state index contributed by atoms with van der Waals surface area (Å²) in [4.78, 5) is 38.6. The molecule has 2 aromatic carbocycles. The first-order valence-corrected chi connectivity index (χ1v) is 9.48. The molecule has 3 aliphatic rings. The Bertz CT molecular complexity index is 1050. The molecule has 5 rings (SSSR count). The Hall–Kier alpha value is -3.61. The molecule has 0 fully saturated rings. The van der Waals surface area contributed by atoms with Gasteiger partial charge in [-0.05, 0) is 36.2 Å². The van der Waals surface area contributed by atoms with Crippen LogP contribution in [0.25, 0.3) is 5.70 Å². The van der Waals surface area contributed by atoms with Gasteiger partial charge >= 0.3 is 0 Å². The molecule has 7 nitrogen and oxygen atoms in total. The fourth-order valence-corrected chi connectivity index (χ4v) is 3.89. The van der Waals surface area contributed by atoms with Crippen molar-refractivity contribution in [3.8, 4) is 11.5 Å². The van der Waals surface area contributed by atoms with Gasteiger partial charge in [-0.3, -0.25) is 19.3 Å². The maximum atomic E-state index is 12.6. The highest BCUT2D eigenvalue weighted by Gasteiger charge is 2.34. The maximum absolute atomic E-state index is 12.6. The van der Waals surface area contributed by atoms with E-state index >= 15 is 0 Å². The molecule has 0 bridgehead atoms. The second-order valence-corrected chi connectivity index (χ2v) is 7.12. The molecule has 3 aliphatic heterocycles. The molecule has 0 radical (unpaired) electrons. The number of fused-ring (bicyclic) bond motifs is 3. The molecule has 146 valence electrons. The monoisotopic (exact) mass is 390 g/mol. The van der Waals surface area contributed by atoms with Gasteiger partial charge in [0.1, 0.15) is 0 Å². The Morgan fingerprint density at radius 3 is 2.45 bits per heavy atom.